The van der Waals surface area contributed by atoms with Gasteiger partial charge in [-0.1, -0.05) is 5.92 Å². The predicted octanol–water partition coefficient (Wildman–Crippen LogP) is 0.754. The molecule has 0 atom stereocenters. The SMILES string of the molecule is C#CCSCCNc1snc(N)c1S(=O)(=O)N(C)C. The molecule has 1 aromatic rings. The molecule has 0 radical (unpaired) electrons. The molecule has 0 amide bonds. The zero-order valence-corrected chi connectivity index (χ0v) is 13.2. The van der Waals surface area contributed by atoms with Gasteiger partial charge in [-0.25, -0.2) is 12.7 Å². The molecule has 0 fully saturated rings. The fraction of sp³-hybridized carbons (Fsp3) is 0.500. The van der Waals surface area contributed by atoms with E-state index in [1.54, 1.807) is 11.8 Å². The number of anilines is 2. The number of hydrogen-bond donors (Lipinski definition) is 2. The zero-order valence-electron chi connectivity index (χ0n) is 10.7. The Morgan fingerprint density at radius 2 is 2.26 bits per heavy atom. The van der Waals surface area contributed by atoms with Crippen molar-refractivity contribution < 1.29 is 8.42 Å². The van der Waals surface area contributed by atoms with E-state index >= 15 is 0 Å². The van der Waals surface area contributed by atoms with Crippen LogP contribution in [0.5, 0.6) is 0 Å². The summed E-state index contributed by atoms with van der Waals surface area (Å²) in [5.74, 6) is 3.96. The summed E-state index contributed by atoms with van der Waals surface area (Å²) in [7, 11) is -0.673. The van der Waals surface area contributed by atoms with E-state index in [4.69, 9.17) is 12.2 Å². The van der Waals surface area contributed by atoms with Gasteiger partial charge in [0.1, 0.15) is 5.00 Å². The molecule has 0 saturated heterocycles. The summed E-state index contributed by atoms with van der Waals surface area (Å²) in [5, 5.41) is 3.50. The molecule has 0 aliphatic carbocycles. The first-order valence-electron chi connectivity index (χ1n) is 5.34. The van der Waals surface area contributed by atoms with E-state index in [0.717, 1.165) is 21.6 Å². The molecule has 6 nitrogen and oxygen atoms in total. The number of thioether (sulfide) groups is 1. The Morgan fingerprint density at radius 3 is 2.84 bits per heavy atom. The summed E-state index contributed by atoms with van der Waals surface area (Å²) in [4.78, 5) is 0.0458. The van der Waals surface area contributed by atoms with Gasteiger partial charge in [-0.3, -0.25) is 0 Å². The second-order valence-corrected chi connectivity index (χ2v) is 7.66. The van der Waals surface area contributed by atoms with Crippen LogP contribution in [0, 0.1) is 12.3 Å². The Labute approximate surface area is 122 Å². The number of nitrogens with one attached hydrogen (secondary N) is 1. The lowest BCUT2D eigenvalue weighted by Crippen LogP contribution is -2.23. The molecular weight excluding hydrogens is 304 g/mol. The monoisotopic (exact) mass is 320 g/mol. The van der Waals surface area contributed by atoms with Crippen LogP contribution in [0.25, 0.3) is 0 Å². The third-order valence-corrected chi connectivity index (χ3v) is 5.83. The number of sulfonamides is 1. The van der Waals surface area contributed by atoms with Crippen LogP contribution in [0.2, 0.25) is 0 Å². The molecule has 0 aliphatic rings. The lowest BCUT2D eigenvalue weighted by Gasteiger charge is -2.12. The summed E-state index contributed by atoms with van der Waals surface area (Å²) in [6.45, 7) is 0.601. The fourth-order valence-electron chi connectivity index (χ4n) is 1.21. The molecule has 0 saturated carbocycles. The van der Waals surface area contributed by atoms with Crippen LogP contribution in [0.4, 0.5) is 10.8 Å². The van der Waals surface area contributed by atoms with E-state index in [0.29, 0.717) is 17.3 Å². The maximum atomic E-state index is 12.1. The molecule has 0 bridgehead atoms. The van der Waals surface area contributed by atoms with Gasteiger partial charge in [0, 0.05) is 26.4 Å². The molecule has 9 heteroatoms. The van der Waals surface area contributed by atoms with E-state index in [-0.39, 0.29) is 10.7 Å². The second kappa shape index (κ2) is 7.00. The van der Waals surface area contributed by atoms with Crippen molar-refractivity contribution in [3.63, 3.8) is 0 Å². The lowest BCUT2D eigenvalue weighted by atomic mass is 10.6. The van der Waals surface area contributed by atoms with Crippen molar-refractivity contribution in [2.24, 2.45) is 0 Å². The van der Waals surface area contributed by atoms with E-state index in [9.17, 15) is 8.42 Å². The van der Waals surface area contributed by atoms with E-state index in [1.807, 2.05) is 0 Å². The molecule has 0 aromatic carbocycles. The average molecular weight is 320 g/mol. The van der Waals surface area contributed by atoms with Crippen LogP contribution < -0.4 is 11.1 Å². The molecule has 1 rings (SSSR count). The van der Waals surface area contributed by atoms with Gasteiger partial charge in [-0.2, -0.15) is 4.37 Å². The first kappa shape index (κ1) is 16.1. The minimum absolute atomic E-state index is 0.0254. The van der Waals surface area contributed by atoms with Gasteiger partial charge < -0.3 is 11.1 Å². The normalized spacial score (nSPS) is 11.5. The number of nitrogens with zero attached hydrogens (tertiary/aromatic N) is 2. The summed E-state index contributed by atoms with van der Waals surface area (Å²) in [6, 6.07) is 0. The van der Waals surface area contributed by atoms with Crippen molar-refractivity contribution in [2.75, 3.05) is 43.2 Å². The highest BCUT2D eigenvalue weighted by Gasteiger charge is 2.27. The minimum Gasteiger partial charge on any atom is -0.382 e. The standard InChI is InChI=1S/C10H16N4O2S3/c1-4-6-17-7-5-12-10-8(9(11)13-18-10)19(15,16)14(2)3/h1,12H,5-7H2,2-3H3,(H2,11,13). The Hall–Kier alpha value is -0.950. The number of hydrogen-bond acceptors (Lipinski definition) is 7. The molecule has 19 heavy (non-hydrogen) atoms. The van der Waals surface area contributed by atoms with Gasteiger partial charge in [-0.15, -0.1) is 18.2 Å². The molecule has 1 aromatic heterocycles. The lowest BCUT2D eigenvalue weighted by molar-refractivity contribution is 0.521. The van der Waals surface area contributed by atoms with Gasteiger partial charge in [0.25, 0.3) is 0 Å². The summed E-state index contributed by atoms with van der Waals surface area (Å²) in [6.07, 6.45) is 5.14. The summed E-state index contributed by atoms with van der Waals surface area (Å²) >= 11 is 2.64. The van der Waals surface area contributed by atoms with E-state index in [2.05, 4.69) is 15.6 Å². The topological polar surface area (TPSA) is 88.3 Å². The highest BCUT2D eigenvalue weighted by molar-refractivity contribution is 7.99. The second-order valence-electron chi connectivity index (χ2n) is 3.70. The smallest absolute Gasteiger partial charge is 0.249 e. The molecule has 0 aliphatic heterocycles. The fourth-order valence-corrected chi connectivity index (χ4v) is 3.82. The highest BCUT2D eigenvalue weighted by Crippen LogP contribution is 2.32. The van der Waals surface area contributed by atoms with Crippen molar-refractivity contribution in [1.82, 2.24) is 8.68 Å². The van der Waals surface area contributed by atoms with Gasteiger partial charge in [0.05, 0.1) is 5.75 Å². The number of aromatic nitrogens is 1. The molecular formula is C10H16N4O2S3. The summed E-state index contributed by atoms with van der Waals surface area (Å²) < 4.78 is 29.2. The number of terminal acetylenes is 1. The highest BCUT2D eigenvalue weighted by atomic mass is 32.2. The maximum Gasteiger partial charge on any atom is 0.249 e. The first-order chi connectivity index (χ1) is 8.91. The number of nitrogens with two attached hydrogens (primary N) is 1. The van der Waals surface area contributed by atoms with Crippen LogP contribution >= 0.6 is 23.3 Å². The van der Waals surface area contributed by atoms with Crippen LogP contribution in [0.1, 0.15) is 0 Å². The van der Waals surface area contributed by atoms with Crippen molar-refractivity contribution in [3.05, 3.63) is 0 Å². The molecule has 3 N–H and O–H groups in total. The maximum absolute atomic E-state index is 12.1. The van der Waals surface area contributed by atoms with Gasteiger partial charge in [0.2, 0.25) is 10.0 Å². The largest absolute Gasteiger partial charge is 0.382 e. The van der Waals surface area contributed by atoms with Crippen LogP contribution in [0.3, 0.4) is 0 Å². The zero-order chi connectivity index (χ0) is 14.5. The van der Waals surface area contributed by atoms with E-state index < -0.39 is 10.0 Å². The Bertz CT molecular complexity index is 560. The van der Waals surface area contributed by atoms with Crippen LogP contribution in [0.15, 0.2) is 4.90 Å². The van der Waals surface area contributed by atoms with Crippen LogP contribution in [-0.4, -0.2) is 49.2 Å². The molecule has 0 spiro atoms. The van der Waals surface area contributed by atoms with Crippen molar-refractivity contribution >= 4 is 44.1 Å². The van der Waals surface area contributed by atoms with Crippen molar-refractivity contribution in [3.8, 4) is 12.3 Å². The van der Waals surface area contributed by atoms with Crippen molar-refractivity contribution in [1.29, 1.82) is 0 Å². The van der Waals surface area contributed by atoms with Crippen molar-refractivity contribution in [2.45, 2.75) is 4.90 Å². The minimum atomic E-state index is -3.59. The Balaban J connectivity index is 2.79. The van der Waals surface area contributed by atoms with Crippen LogP contribution in [-0.2, 0) is 10.0 Å². The average Bonchev–Trinajstić information content (AvgIpc) is 2.70. The Morgan fingerprint density at radius 1 is 1.58 bits per heavy atom. The molecule has 0 unspecified atom stereocenters. The van der Waals surface area contributed by atoms with Gasteiger partial charge >= 0.3 is 0 Å². The number of nitrogen functional groups attached to an aromatic ring is 1. The predicted molar refractivity (Wildman–Crippen MR) is 82.0 cm³/mol. The Kier molecular flexibility index (Phi) is 5.93. The number of rotatable bonds is 7. The molecule has 106 valence electrons. The quantitative estimate of drug-likeness (QED) is 0.569. The summed E-state index contributed by atoms with van der Waals surface area (Å²) in [5.41, 5.74) is 5.64. The third kappa shape index (κ3) is 4.01. The third-order valence-electron chi connectivity index (χ3n) is 2.13. The van der Waals surface area contributed by atoms with Gasteiger partial charge in [0.15, 0.2) is 10.7 Å². The first-order valence-corrected chi connectivity index (χ1v) is 8.70. The van der Waals surface area contributed by atoms with Gasteiger partial charge in [-0.05, 0) is 11.5 Å². The van der Waals surface area contributed by atoms with E-state index in [1.165, 1.54) is 14.1 Å². The molecule has 1 heterocycles.